The van der Waals surface area contributed by atoms with Crippen LogP contribution in [-0.2, 0) is 12.6 Å². The fraction of sp³-hybridized carbons (Fsp3) is 0.429. The third-order valence-corrected chi connectivity index (χ3v) is 5.45. The molecule has 33 heavy (non-hydrogen) atoms. The summed E-state index contributed by atoms with van der Waals surface area (Å²) in [6.45, 7) is 5.07. The lowest BCUT2D eigenvalue weighted by molar-refractivity contribution is -0.396. The van der Waals surface area contributed by atoms with Gasteiger partial charge in [0.25, 0.3) is 5.75 Å². The highest BCUT2D eigenvalue weighted by molar-refractivity contribution is 5.63. The van der Waals surface area contributed by atoms with Gasteiger partial charge in [-0.1, -0.05) is 12.1 Å². The molecule has 178 valence electrons. The zero-order valence-electron chi connectivity index (χ0n) is 17.9. The van der Waals surface area contributed by atoms with Crippen LogP contribution in [0, 0.1) is 20.2 Å². The second kappa shape index (κ2) is 10.1. The molecule has 0 amide bonds. The molecule has 0 spiro atoms. The number of ether oxygens (including phenoxy) is 1. The number of piperazine rings is 1. The van der Waals surface area contributed by atoms with Crippen molar-refractivity contribution in [1.29, 1.82) is 0 Å². The van der Waals surface area contributed by atoms with Crippen molar-refractivity contribution in [3.05, 3.63) is 67.8 Å². The van der Waals surface area contributed by atoms with Crippen molar-refractivity contribution in [3.8, 4) is 11.5 Å². The van der Waals surface area contributed by atoms with Crippen LogP contribution in [0.4, 0.5) is 24.5 Å². The van der Waals surface area contributed by atoms with Crippen LogP contribution in [0.5, 0.6) is 11.5 Å². The Morgan fingerprint density at radius 2 is 1.52 bits per heavy atom. The van der Waals surface area contributed by atoms with E-state index in [2.05, 4.69) is 16.8 Å². The summed E-state index contributed by atoms with van der Waals surface area (Å²) in [6, 6.07) is 6.87. The van der Waals surface area contributed by atoms with Crippen LogP contribution in [-0.4, -0.2) is 59.4 Å². The first-order valence-electron chi connectivity index (χ1n) is 10.3. The van der Waals surface area contributed by atoms with Crippen molar-refractivity contribution in [3.63, 3.8) is 0 Å². The summed E-state index contributed by atoms with van der Waals surface area (Å²) in [5.41, 5.74) is -2.78. The predicted octanol–water partition coefficient (Wildman–Crippen LogP) is 4.49. The van der Waals surface area contributed by atoms with Crippen molar-refractivity contribution in [2.45, 2.75) is 19.0 Å². The fourth-order valence-electron chi connectivity index (χ4n) is 3.56. The first-order chi connectivity index (χ1) is 15.5. The lowest BCUT2D eigenvalue weighted by atomic mass is 10.1. The topological polar surface area (TPSA) is 102 Å². The van der Waals surface area contributed by atoms with Crippen LogP contribution >= 0.6 is 0 Å². The number of nitro groups is 2. The number of hydrogen-bond donors (Lipinski definition) is 0. The maximum atomic E-state index is 13.0. The van der Waals surface area contributed by atoms with Crippen molar-refractivity contribution in [1.82, 2.24) is 9.80 Å². The standard InChI is InChI=1S/C21H23F3N4O5/c1-25-9-11-26(12-10-25)8-2-3-15-4-6-17(7-5-15)33-20-18(27(29)30)13-16(21(22,23)24)14-19(20)28(31)32/h4-7,13-14H,2-3,8-12H2,1H3. The first-order valence-corrected chi connectivity index (χ1v) is 10.3. The van der Waals surface area contributed by atoms with Crippen LogP contribution < -0.4 is 4.74 Å². The number of nitrogens with zero attached hydrogens (tertiary/aromatic N) is 4. The second-order valence-electron chi connectivity index (χ2n) is 7.85. The van der Waals surface area contributed by atoms with E-state index in [9.17, 15) is 33.4 Å². The molecule has 12 heteroatoms. The number of halogens is 3. The molecule has 1 saturated heterocycles. The van der Waals surface area contributed by atoms with Crippen molar-refractivity contribution in [2.24, 2.45) is 0 Å². The van der Waals surface area contributed by atoms with E-state index in [1.54, 1.807) is 12.1 Å². The molecule has 1 fully saturated rings. The van der Waals surface area contributed by atoms with Crippen LogP contribution in [0.1, 0.15) is 17.5 Å². The molecule has 0 N–H and O–H groups in total. The highest BCUT2D eigenvalue weighted by Gasteiger charge is 2.38. The molecule has 0 aromatic heterocycles. The minimum absolute atomic E-state index is 0.0452. The lowest BCUT2D eigenvalue weighted by Gasteiger charge is -2.32. The Balaban J connectivity index is 1.72. The number of alkyl halides is 3. The summed E-state index contributed by atoms with van der Waals surface area (Å²) in [5.74, 6) is -0.801. The third-order valence-electron chi connectivity index (χ3n) is 5.45. The monoisotopic (exact) mass is 468 g/mol. The largest absolute Gasteiger partial charge is 0.444 e. The zero-order valence-corrected chi connectivity index (χ0v) is 17.9. The van der Waals surface area contributed by atoms with Gasteiger partial charge in [0, 0.05) is 38.3 Å². The molecular formula is C21H23F3N4O5. The van der Waals surface area contributed by atoms with Gasteiger partial charge in [0.05, 0.1) is 15.4 Å². The van der Waals surface area contributed by atoms with Crippen LogP contribution in [0.3, 0.4) is 0 Å². The maximum absolute atomic E-state index is 13.0. The van der Waals surface area contributed by atoms with E-state index in [1.807, 2.05) is 0 Å². The van der Waals surface area contributed by atoms with Crippen LogP contribution in [0.15, 0.2) is 36.4 Å². The van der Waals surface area contributed by atoms with Crippen molar-refractivity contribution in [2.75, 3.05) is 39.8 Å². The van der Waals surface area contributed by atoms with Gasteiger partial charge in [-0.2, -0.15) is 13.2 Å². The van der Waals surface area contributed by atoms with Gasteiger partial charge in [-0.05, 0) is 44.1 Å². The van der Waals surface area contributed by atoms with E-state index >= 15 is 0 Å². The molecule has 1 aliphatic heterocycles. The Morgan fingerprint density at radius 1 is 0.970 bits per heavy atom. The van der Waals surface area contributed by atoms with Gasteiger partial charge in [-0.15, -0.1) is 0 Å². The quantitative estimate of drug-likeness (QED) is 0.415. The SMILES string of the molecule is CN1CCN(CCCc2ccc(Oc3c([N+](=O)[O-])cc(C(F)(F)F)cc3[N+](=O)[O-])cc2)CC1. The first kappa shape index (κ1) is 24.4. The molecule has 9 nitrogen and oxygen atoms in total. The summed E-state index contributed by atoms with van der Waals surface area (Å²) >= 11 is 0. The molecule has 0 atom stereocenters. The zero-order chi connectivity index (χ0) is 24.2. The number of nitro benzene ring substituents is 2. The Hall–Kier alpha value is -3.25. The number of benzene rings is 2. The summed E-state index contributed by atoms with van der Waals surface area (Å²) in [5, 5.41) is 22.6. The van der Waals surface area contributed by atoms with E-state index < -0.39 is 38.7 Å². The van der Waals surface area contributed by atoms with Gasteiger partial charge >= 0.3 is 17.6 Å². The Morgan fingerprint density at radius 3 is 2.00 bits per heavy atom. The minimum atomic E-state index is -4.99. The van der Waals surface area contributed by atoms with E-state index in [-0.39, 0.29) is 17.9 Å². The highest BCUT2D eigenvalue weighted by atomic mass is 19.4. The Kier molecular flexibility index (Phi) is 7.49. The van der Waals surface area contributed by atoms with Gasteiger partial charge in [0.1, 0.15) is 5.75 Å². The summed E-state index contributed by atoms with van der Waals surface area (Å²) in [4.78, 5) is 25.0. The summed E-state index contributed by atoms with van der Waals surface area (Å²) in [7, 11) is 2.09. The van der Waals surface area contributed by atoms with Gasteiger partial charge in [0.2, 0.25) is 0 Å². The maximum Gasteiger partial charge on any atom is 0.416 e. The molecule has 2 aromatic carbocycles. The van der Waals surface area contributed by atoms with E-state index in [4.69, 9.17) is 4.74 Å². The number of likely N-dealkylation sites (N-methyl/N-ethyl adjacent to an activating group) is 1. The number of rotatable bonds is 8. The van der Waals surface area contributed by atoms with Gasteiger partial charge in [-0.3, -0.25) is 20.2 Å². The van der Waals surface area contributed by atoms with Crippen LogP contribution in [0.25, 0.3) is 0 Å². The molecule has 0 saturated carbocycles. The predicted molar refractivity (Wildman–Crippen MR) is 114 cm³/mol. The van der Waals surface area contributed by atoms with E-state index in [1.165, 1.54) is 12.1 Å². The van der Waals surface area contributed by atoms with Crippen LogP contribution in [0.2, 0.25) is 0 Å². The van der Waals surface area contributed by atoms with Gasteiger partial charge < -0.3 is 14.5 Å². The molecule has 2 aromatic rings. The molecule has 3 rings (SSSR count). The smallest absolute Gasteiger partial charge is 0.416 e. The molecule has 0 unspecified atom stereocenters. The lowest BCUT2D eigenvalue weighted by Crippen LogP contribution is -2.44. The molecule has 0 radical (unpaired) electrons. The second-order valence-corrected chi connectivity index (χ2v) is 7.85. The molecular weight excluding hydrogens is 445 g/mol. The average Bonchev–Trinajstić information content (AvgIpc) is 2.75. The molecule has 1 aliphatic rings. The molecule has 0 aliphatic carbocycles. The Bertz CT molecular complexity index is 971. The highest BCUT2D eigenvalue weighted by Crippen LogP contribution is 2.44. The minimum Gasteiger partial charge on any atom is -0.444 e. The van der Waals surface area contributed by atoms with Crippen molar-refractivity contribution < 1.29 is 27.8 Å². The average molecular weight is 468 g/mol. The molecule has 1 heterocycles. The molecule has 0 bridgehead atoms. The number of hydrogen-bond acceptors (Lipinski definition) is 7. The summed E-state index contributed by atoms with van der Waals surface area (Å²) < 4.78 is 44.4. The summed E-state index contributed by atoms with van der Waals surface area (Å²) in [6.07, 6.45) is -3.27. The Labute approximate surface area is 187 Å². The van der Waals surface area contributed by atoms with Gasteiger partial charge in [-0.25, -0.2) is 0 Å². The van der Waals surface area contributed by atoms with E-state index in [0.717, 1.165) is 51.1 Å². The normalized spacial score (nSPS) is 15.4. The van der Waals surface area contributed by atoms with Gasteiger partial charge in [0.15, 0.2) is 0 Å². The van der Waals surface area contributed by atoms with Crippen molar-refractivity contribution >= 4 is 11.4 Å². The van der Waals surface area contributed by atoms with E-state index in [0.29, 0.717) is 0 Å². The third kappa shape index (κ3) is 6.39. The fourth-order valence-corrected chi connectivity index (χ4v) is 3.56. The number of aryl methyl sites for hydroxylation is 1.